The van der Waals surface area contributed by atoms with E-state index < -0.39 is 0 Å². The molecular formula is C18H27N. The molecule has 0 unspecified atom stereocenters. The zero-order valence-electron chi connectivity index (χ0n) is 12.4. The zero-order chi connectivity index (χ0) is 13.7. The van der Waals surface area contributed by atoms with Gasteiger partial charge in [-0.1, -0.05) is 69.0 Å². The molecular weight excluding hydrogens is 230 g/mol. The van der Waals surface area contributed by atoms with Crippen molar-refractivity contribution in [2.45, 2.75) is 51.9 Å². The van der Waals surface area contributed by atoms with Crippen LogP contribution in [0.2, 0.25) is 0 Å². The van der Waals surface area contributed by atoms with Crippen LogP contribution >= 0.6 is 0 Å². The average Bonchev–Trinajstić information content (AvgIpc) is 2.46. The molecule has 19 heavy (non-hydrogen) atoms. The standard InChI is InChI=1S/C18H27N/c1-14(2)16-10-8-15(9-11-16)12-18(13-19)17-6-4-3-5-7-17/h8-12,14,17H,3-7,13,19H2,1-2H3. The van der Waals surface area contributed by atoms with Gasteiger partial charge in [0.1, 0.15) is 0 Å². The molecule has 2 N–H and O–H groups in total. The summed E-state index contributed by atoms with van der Waals surface area (Å²) in [7, 11) is 0. The number of benzene rings is 1. The molecule has 1 aliphatic rings. The minimum Gasteiger partial charge on any atom is -0.327 e. The number of nitrogens with two attached hydrogens (primary N) is 1. The largest absolute Gasteiger partial charge is 0.327 e. The second-order valence-electron chi connectivity index (χ2n) is 6.08. The quantitative estimate of drug-likeness (QED) is 0.829. The minimum absolute atomic E-state index is 0.602. The van der Waals surface area contributed by atoms with E-state index in [0.717, 1.165) is 5.92 Å². The van der Waals surface area contributed by atoms with Gasteiger partial charge in [0.25, 0.3) is 0 Å². The lowest BCUT2D eigenvalue weighted by Gasteiger charge is -2.24. The van der Waals surface area contributed by atoms with Crippen LogP contribution in [0.3, 0.4) is 0 Å². The van der Waals surface area contributed by atoms with Gasteiger partial charge < -0.3 is 5.73 Å². The fraction of sp³-hybridized carbons (Fsp3) is 0.556. The Morgan fingerprint density at radius 3 is 2.32 bits per heavy atom. The SMILES string of the molecule is CC(C)c1ccc(C=C(CN)C2CCCCC2)cc1. The smallest absolute Gasteiger partial charge is 0.0142 e. The molecule has 0 aliphatic heterocycles. The Balaban J connectivity index is 2.12. The predicted molar refractivity (Wildman–Crippen MR) is 84.1 cm³/mol. The molecule has 0 bridgehead atoms. The van der Waals surface area contributed by atoms with Gasteiger partial charge >= 0.3 is 0 Å². The summed E-state index contributed by atoms with van der Waals surface area (Å²) >= 11 is 0. The van der Waals surface area contributed by atoms with Crippen LogP contribution in [-0.2, 0) is 0 Å². The van der Waals surface area contributed by atoms with Crippen LogP contribution in [0, 0.1) is 5.92 Å². The number of hydrogen-bond acceptors (Lipinski definition) is 1. The monoisotopic (exact) mass is 257 g/mol. The second-order valence-corrected chi connectivity index (χ2v) is 6.08. The van der Waals surface area contributed by atoms with Crippen molar-refractivity contribution in [1.82, 2.24) is 0 Å². The summed E-state index contributed by atoms with van der Waals surface area (Å²) in [4.78, 5) is 0. The minimum atomic E-state index is 0.602. The first-order chi connectivity index (χ1) is 9.20. The van der Waals surface area contributed by atoms with Crippen LogP contribution in [0.4, 0.5) is 0 Å². The lowest BCUT2D eigenvalue weighted by atomic mass is 9.83. The molecule has 2 rings (SSSR count). The molecule has 0 spiro atoms. The van der Waals surface area contributed by atoms with E-state index in [9.17, 15) is 0 Å². The highest BCUT2D eigenvalue weighted by atomic mass is 14.5. The van der Waals surface area contributed by atoms with Gasteiger partial charge in [-0.2, -0.15) is 0 Å². The maximum Gasteiger partial charge on any atom is 0.0142 e. The van der Waals surface area contributed by atoms with Gasteiger partial charge in [0.15, 0.2) is 0 Å². The Labute approximate surface area is 117 Å². The Bertz CT molecular complexity index is 408. The third-order valence-corrected chi connectivity index (χ3v) is 4.32. The Hall–Kier alpha value is -1.08. The van der Waals surface area contributed by atoms with Gasteiger partial charge in [0.2, 0.25) is 0 Å². The van der Waals surface area contributed by atoms with E-state index >= 15 is 0 Å². The van der Waals surface area contributed by atoms with E-state index in [4.69, 9.17) is 5.73 Å². The van der Waals surface area contributed by atoms with Crippen molar-refractivity contribution in [3.63, 3.8) is 0 Å². The predicted octanol–water partition coefficient (Wildman–Crippen LogP) is 4.73. The highest BCUT2D eigenvalue weighted by molar-refractivity contribution is 5.54. The molecule has 0 heterocycles. The van der Waals surface area contributed by atoms with Crippen LogP contribution in [0.25, 0.3) is 6.08 Å². The van der Waals surface area contributed by atoms with Crippen molar-refractivity contribution >= 4 is 6.08 Å². The summed E-state index contributed by atoms with van der Waals surface area (Å²) in [5.41, 5.74) is 10.1. The van der Waals surface area contributed by atoms with Gasteiger partial charge in [-0.05, 0) is 35.8 Å². The fourth-order valence-corrected chi connectivity index (χ4v) is 3.01. The molecule has 1 nitrogen and oxygen atoms in total. The van der Waals surface area contributed by atoms with Gasteiger partial charge in [0, 0.05) is 6.54 Å². The van der Waals surface area contributed by atoms with Gasteiger partial charge in [0.05, 0.1) is 0 Å². The van der Waals surface area contributed by atoms with Crippen molar-refractivity contribution in [3.8, 4) is 0 Å². The lowest BCUT2D eigenvalue weighted by molar-refractivity contribution is 0.401. The van der Waals surface area contributed by atoms with Crippen LogP contribution in [-0.4, -0.2) is 6.54 Å². The average molecular weight is 257 g/mol. The van der Waals surface area contributed by atoms with E-state index in [0.29, 0.717) is 12.5 Å². The van der Waals surface area contributed by atoms with Crippen molar-refractivity contribution in [3.05, 3.63) is 41.0 Å². The lowest BCUT2D eigenvalue weighted by Crippen LogP contribution is -2.16. The summed E-state index contributed by atoms with van der Waals surface area (Å²) in [6.45, 7) is 5.17. The third kappa shape index (κ3) is 3.94. The van der Waals surface area contributed by atoms with Crippen LogP contribution in [0.5, 0.6) is 0 Å². The van der Waals surface area contributed by atoms with E-state index in [2.05, 4.69) is 44.2 Å². The molecule has 1 saturated carbocycles. The first-order valence-electron chi connectivity index (χ1n) is 7.71. The second kappa shape index (κ2) is 6.91. The molecule has 104 valence electrons. The topological polar surface area (TPSA) is 26.0 Å². The fourth-order valence-electron chi connectivity index (χ4n) is 3.01. The molecule has 1 heteroatoms. The Morgan fingerprint density at radius 1 is 1.16 bits per heavy atom. The van der Waals surface area contributed by atoms with Crippen molar-refractivity contribution in [2.24, 2.45) is 11.7 Å². The number of hydrogen-bond donors (Lipinski definition) is 1. The summed E-state index contributed by atoms with van der Waals surface area (Å²) in [5.74, 6) is 1.33. The number of rotatable bonds is 4. The van der Waals surface area contributed by atoms with Crippen LogP contribution < -0.4 is 5.73 Å². The molecule has 0 radical (unpaired) electrons. The van der Waals surface area contributed by atoms with E-state index in [1.165, 1.54) is 48.8 Å². The molecule has 1 aliphatic carbocycles. The highest BCUT2D eigenvalue weighted by Gasteiger charge is 2.16. The molecule has 0 aromatic heterocycles. The van der Waals surface area contributed by atoms with E-state index in [1.54, 1.807) is 0 Å². The van der Waals surface area contributed by atoms with E-state index in [1.807, 2.05) is 0 Å². The highest BCUT2D eigenvalue weighted by Crippen LogP contribution is 2.30. The van der Waals surface area contributed by atoms with Gasteiger partial charge in [-0.3, -0.25) is 0 Å². The summed E-state index contributed by atoms with van der Waals surface area (Å²) in [6, 6.07) is 8.94. The molecule has 0 amide bonds. The normalized spacial score (nSPS) is 18.0. The molecule has 1 aromatic carbocycles. The van der Waals surface area contributed by atoms with Gasteiger partial charge in [-0.25, -0.2) is 0 Å². The zero-order valence-corrected chi connectivity index (χ0v) is 12.4. The summed E-state index contributed by atoms with van der Waals surface area (Å²) in [6.07, 6.45) is 9.11. The maximum absolute atomic E-state index is 5.96. The third-order valence-electron chi connectivity index (χ3n) is 4.32. The Kier molecular flexibility index (Phi) is 5.21. The van der Waals surface area contributed by atoms with Crippen molar-refractivity contribution in [1.29, 1.82) is 0 Å². The first-order valence-corrected chi connectivity index (χ1v) is 7.71. The molecule has 1 aromatic rings. The molecule has 1 fully saturated rings. The molecule has 0 atom stereocenters. The van der Waals surface area contributed by atoms with E-state index in [-0.39, 0.29) is 0 Å². The van der Waals surface area contributed by atoms with Gasteiger partial charge in [-0.15, -0.1) is 0 Å². The van der Waals surface area contributed by atoms with Crippen LogP contribution in [0.1, 0.15) is 63.0 Å². The van der Waals surface area contributed by atoms with Crippen molar-refractivity contribution < 1.29 is 0 Å². The summed E-state index contributed by atoms with van der Waals surface area (Å²) < 4.78 is 0. The molecule has 0 saturated heterocycles. The van der Waals surface area contributed by atoms with Crippen LogP contribution in [0.15, 0.2) is 29.8 Å². The first kappa shape index (κ1) is 14.3. The maximum atomic E-state index is 5.96. The Morgan fingerprint density at radius 2 is 1.79 bits per heavy atom. The van der Waals surface area contributed by atoms with Crippen molar-refractivity contribution in [2.75, 3.05) is 6.54 Å². The summed E-state index contributed by atoms with van der Waals surface area (Å²) in [5, 5.41) is 0.